The maximum absolute atomic E-state index is 11.2. The standard InChI is InChI=1S/C21H34N4O4.C2H6.CH2O2/c1-3-23-8-10-24(12-13-25(11-9-23)16-21(28)29)15-19(22-14-20(26)27)18-6-4-17(2)5-7-18;1-2;2-1-3/h4-7,19,22H,3,8-16H2,1-2H3,(H,26,27)(H,28,29);1-2H3;1H,(H,2,3). The van der Waals surface area contributed by atoms with E-state index in [0.29, 0.717) is 13.1 Å². The first-order valence-electron chi connectivity index (χ1n) is 11.8. The minimum Gasteiger partial charge on any atom is -0.483 e. The summed E-state index contributed by atoms with van der Waals surface area (Å²) in [5.74, 6) is -1.68. The predicted molar refractivity (Wildman–Crippen MR) is 132 cm³/mol. The van der Waals surface area contributed by atoms with Crippen molar-refractivity contribution in [2.75, 3.05) is 65.4 Å². The minimum atomic E-state index is -0.878. The summed E-state index contributed by atoms with van der Waals surface area (Å²) in [6.45, 7) is 14.3. The quantitative estimate of drug-likeness (QED) is 0.383. The molecule has 1 aliphatic heterocycles. The molecule has 0 aromatic heterocycles. The third-order valence-electron chi connectivity index (χ3n) is 5.42. The van der Waals surface area contributed by atoms with E-state index in [-0.39, 0.29) is 25.6 Å². The zero-order valence-electron chi connectivity index (χ0n) is 20.9. The molecule has 0 radical (unpaired) electrons. The Balaban J connectivity index is 0.00000201. The van der Waals surface area contributed by atoms with Crippen LogP contribution in [-0.4, -0.2) is 114 Å². The van der Waals surface area contributed by atoms with Crippen LogP contribution in [-0.2, 0) is 14.4 Å². The van der Waals surface area contributed by atoms with Crippen LogP contribution < -0.4 is 5.32 Å². The molecular weight excluding hydrogens is 440 g/mol. The molecule has 10 heteroatoms. The van der Waals surface area contributed by atoms with Crippen molar-refractivity contribution < 1.29 is 29.7 Å². The summed E-state index contributed by atoms with van der Waals surface area (Å²) in [5.41, 5.74) is 2.22. The molecule has 34 heavy (non-hydrogen) atoms. The van der Waals surface area contributed by atoms with Crippen LogP contribution >= 0.6 is 0 Å². The Hall–Kier alpha value is -2.53. The number of aryl methyl sites for hydroxylation is 1. The van der Waals surface area contributed by atoms with Gasteiger partial charge in [-0.1, -0.05) is 50.6 Å². The molecule has 1 aromatic carbocycles. The smallest absolute Gasteiger partial charge is 0.317 e. The normalized spacial score (nSPS) is 16.4. The van der Waals surface area contributed by atoms with Gasteiger partial charge in [-0.3, -0.25) is 29.5 Å². The van der Waals surface area contributed by atoms with E-state index in [4.69, 9.17) is 15.0 Å². The van der Waals surface area contributed by atoms with E-state index >= 15 is 0 Å². The average Bonchev–Trinajstić information content (AvgIpc) is 2.89. The fourth-order valence-electron chi connectivity index (χ4n) is 3.59. The largest absolute Gasteiger partial charge is 0.483 e. The summed E-state index contributed by atoms with van der Waals surface area (Å²) in [6.07, 6.45) is 0. The molecular formula is C24H42N4O6. The zero-order valence-corrected chi connectivity index (χ0v) is 20.9. The summed E-state index contributed by atoms with van der Waals surface area (Å²) in [6, 6.07) is 8.06. The van der Waals surface area contributed by atoms with Crippen LogP contribution in [0.25, 0.3) is 0 Å². The highest BCUT2D eigenvalue weighted by Crippen LogP contribution is 2.16. The molecule has 1 aromatic rings. The number of hydrogen-bond donors (Lipinski definition) is 4. The third kappa shape index (κ3) is 13.9. The van der Waals surface area contributed by atoms with Crippen LogP contribution in [0.2, 0.25) is 0 Å². The number of carboxylic acids is 2. The van der Waals surface area contributed by atoms with Crippen molar-refractivity contribution in [3.8, 4) is 0 Å². The summed E-state index contributed by atoms with van der Waals surface area (Å²) in [5, 5.41) is 28.4. The highest BCUT2D eigenvalue weighted by molar-refractivity contribution is 5.69. The number of nitrogens with one attached hydrogen (secondary N) is 1. The van der Waals surface area contributed by atoms with Crippen molar-refractivity contribution >= 4 is 18.4 Å². The van der Waals surface area contributed by atoms with E-state index in [9.17, 15) is 14.7 Å². The molecule has 1 saturated heterocycles. The van der Waals surface area contributed by atoms with E-state index in [1.54, 1.807) is 0 Å². The average molecular weight is 483 g/mol. The van der Waals surface area contributed by atoms with Crippen LogP contribution in [0.3, 0.4) is 0 Å². The predicted octanol–water partition coefficient (Wildman–Crippen LogP) is 1.46. The highest BCUT2D eigenvalue weighted by Gasteiger charge is 2.21. The van der Waals surface area contributed by atoms with Gasteiger partial charge in [-0.25, -0.2) is 0 Å². The Morgan fingerprint density at radius 2 is 1.41 bits per heavy atom. The fraction of sp³-hybridized carbons (Fsp3) is 0.625. The summed E-state index contributed by atoms with van der Waals surface area (Å²) in [4.78, 5) is 37.3. The molecule has 0 amide bonds. The Labute approximate surface area is 203 Å². The van der Waals surface area contributed by atoms with Gasteiger partial charge >= 0.3 is 11.9 Å². The number of likely N-dealkylation sites (N-methyl/N-ethyl adjacent to an activating group) is 1. The Kier molecular flexibility index (Phi) is 17.4. The first-order valence-corrected chi connectivity index (χ1v) is 11.8. The number of rotatable bonds is 9. The monoisotopic (exact) mass is 482 g/mol. The topological polar surface area (TPSA) is 134 Å². The van der Waals surface area contributed by atoms with Crippen molar-refractivity contribution in [2.24, 2.45) is 0 Å². The van der Waals surface area contributed by atoms with E-state index in [1.807, 2.05) is 49.9 Å². The number of aliphatic carboxylic acids is 2. The van der Waals surface area contributed by atoms with Crippen molar-refractivity contribution in [2.45, 2.75) is 33.7 Å². The lowest BCUT2D eigenvalue weighted by atomic mass is 10.0. The van der Waals surface area contributed by atoms with E-state index < -0.39 is 11.9 Å². The van der Waals surface area contributed by atoms with Gasteiger partial charge < -0.3 is 20.2 Å². The molecule has 0 bridgehead atoms. The maximum Gasteiger partial charge on any atom is 0.317 e. The molecule has 4 N–H and O–H groups in total. The molecule has 0 spiro atoms. The molecule has 1 atom stereocenters. The fourth-order valence-corrected chi connectivity index (χ4v) is 3.59. The highest BCUT2D eigenvalue weighted by atomic mass is 16.4. The molecule has 2 rings (SSSR count). The van der Waals surface area contributed by atoms with E-state index in [0.717, 1.165) is 50.4 Å². The Morgan fingerprint density at radius 1 is 0.941 bits per heavy atom. The van der Waals surface area contributed by atoms with Crippen LogP contribution in [0.1, 0.15) is 37.9 Å². The van der Waals surface area contributed by atoms with E-state index in [1.165, 1.54) is 0 Å². The maximum atomic E-state index is 11.2. The number of carbonyl (C=O) groups is 3. The molecule has 1 unspecified atom stereocenters. The first kappa shape index (κ1) is 31.5. The van der Waals surface area contributed by atoms with Gasteiger partial charge in [-0.05, 0) is 19.0 Å². The molecule has 1 fully saturated rings. The van der Waals surface area contributed by atoms with Crippen LogP contribution in [0.5, 0.6) is 0 Å². The summed E-state index contributed by atoms with van der Waals surface area (Å²) < 4.78 is 0. The van der Waals surface area contributed by atoms with Crippen molar-refractivity contribution in [3.05, 3.63) is 35.4 Å². The zero-order chi connectivity index (χ0) is 25.9. The molecule has 10 nitrogen and oxygen atoms in total. The molecule has 194 valence electrons. The Morgan fingerprint density at radius 3 is 1.85 bits per heavy atom. The number of benzene rings is 1. The van der Waals surface area contributed by atoms with Gasteiger partial charge in [0, 0.05) is 51.9 Å². The number of hydrogen-bond acceptors (Lipinski definition) is 7. The second kappa shape index (κ2) is 18.8. The number of carboxylic acid groups (broad SMARTS) is 3. The summed E-state index contributed by atoms with van der Waals surface area (Å²) >= 11 is 0. The molecule has 0 saturated carbocycles. The van der Waals surface area contributed by atoms with Gasteiger partial charge in [-0.2, -0.15) is 0 Å². The minimum absolute atomic E-state index is 0.0457. The van der Waals surface area contributed by atoms with E-state index in [2.05, 4.69) is 22.0 Å². The second-order valence-corrected chi connectivity index (χ2v) is 7.75. The van der Waals surface area contributed by atoms with Crippen molar-refractivity contribution in [1.29, 1.82) is 0 Å². The van der Waals surface area contributed by atoms with Gasteiger partial charge in [0.05, 0.1) is 13.1 Å². The van der Waals surface area contributed by atoms with Gasteiger partial charge in [-0.15, -0.1) is 0 Å². The molecule has 0 aliphatic carbocycles. The molecule has 1 heterocycles. The lowest BCUT2D eigenvalue weighted by Crippen LogP contribution is -2.42. The second-order valence-electron chi connectivity index (χ2n) is 7.75. The SMILES string of the molecule is CC.CCN1CCN(CC(=O)O)CCN(CC(NCC(=O)O)c2ccc(C)cc2)CC1.O=CO. The summed E-state index contributed by atoms with van der Waals surface area (Å²) in [7, 11) is 0. The third-order valence-corrected chi connectivity index (χ3v) is 5.42. The number of nitrogens with zero attached hydrogens (tertiary/aromatic N) is 3. The Bertz CT molecular complexity index is 701. The first-order chi connectivity index (χ1) is 16.3. The van der Waals surface area contributed by atoms with Crippen LogP contribution in [0.4, 0.5) is 0 Å². The van der Waals surface area contributed by atoms with Crippen molar-refractivity contribution in [1.82, 2.24) is 20.0 Å². The van der Waals surface area contributed by atoms with Gasteiger partial charge in [0.25, 0.3) is 6.47 Å². The van der Waals surface area contributed by atoms with Gasteiger partial charge in [0.2, 0.25) is 0 Å². The van der Waals surface area contributed by atoms with Gasteiger partial charge in [0.1, 0.15) is 0 Å². The van der Waals surface area contributed by atoms with Crippen LogP contribution in [0, 0.1) is 6.92 Å². The van der Waals surface area contributed by atoms with Gasteiger partial charge in [0.15, 0.2) is 0 Å². The van der Waals surface area contributed by atoms with Crippen LogP contribution in [0.15, 0.2) is 24.3 Å². The van der Waals surface area contributed by atoms with Crippen molar-refractivity contribution in [3.63, 3.8) is 0 Å². The molecule has 1 aliphatic rings. The lowest BCUT2D eigenvalue weighted by molar-refractivity contribution is -0.138. The lowest BCUT2D eigenvalue weighted by Gasteiger charge is -2.30.